The van der Waals surface area contributed by atoms with Gasteiger partial charge in [-0.1, -0.05) is 49.7 Å². The number of carbonyl (C=O) groups is 1. The second kappa shape index (κ2) is 10.2. The monoisotopic (exact) mass is 405 g/mol. The zero-order chi connectivity index (χ0) is 20.6. The number of carboxylic acid groups (broad SMARTS) is 1. The van der Waals surface area contributed by atoms with Gasteiger partial charge in [0.2, 0.25) is 10.0 Å². The summed E-state index contributed by atoms with van der Waals surface area (Å²) < 4.78 is 31.5. The van der Waals surface area contributed by atoms with Gasteiger partial charge in [0, 0.05) is 13.1 Å². The lowest BCUT2D eigenvalue weighted by atomic mass is 10.1. The first-order valence-corrected chi connectivity index (χ1v) is 11.1. The van der Waals surface area contributed by atoms with Crippen LogP contribution in [0.15, 0.2) is 48.5 Å². The van der Waals surface area contributed by atoms with Crippen LogP contribution in [0.1, 0.15) is 36.5 Å². The van der Waals surface area contributed by atoms with Gasteiger partial charge in [0.05, 0.1) is 19.3 Å². The molecule has 0 aliphatic heterocycles. The molecule has 0 fully saturated rings. The number of ether oxygens (including phenoxy) is 1. The Morgan fingerprint density at radius 1 is 1.04 bits per heavy atom. The molecule has 0 saturated heterocycles. The lowest BCUT2D eigenvalue weighted by Gasteiger charge is -2.20. The minimum absolute atomic E-state index is 0.0911. The van der Waals surface area contributed by atoms with Gasteiger partial charge < -0.3 is 9.84 Å². The third-order valence-corrected chi connectivity index (χ3v) is 5.42. The van der Waals surface area contributed by atoms with Gasteiger partial charge in [-0.2, -0.15) is 4.31 Å². The van der Waals surface area contributed by atoms with Gasteiger partial charge in [-0.15, -0.1) is 0 Å². The van der Waals surface area contributed by atoms with Crippen LogP contribution < -0.4 is 4.74 Å². The van der Waals surface area contributed by atoms with Gasteiger partial charge in [-0.3, -0.25) is 4.79 Å². The largest absolute Gasteiger partial charge is 0.494 e. The number of unbranched alkanes of at least 4 members (excludes halogenated alkanes) is 1. The van der Waals surface area contributed by atoms with E-state index in [1.165, 1.54) is 10.6 Å². The molecule has 0 spiro atoms. The fourth-order valence-electron chi connectivity index (χ4n) is 2.74. The van der Waals surface area contributed by atoms with Crippen LogP contribution in [0.5, 0.6) is 5.75 Å². The fourth-order valence-corrected chi connectivity index (χ4v) is 3.50. The molecule has 6 nitrogen and oxygen atoms in total. The number of carboxylic acids is 1. The third-order valence-electron chi connectivity index (χ3n) is 4.22. The fraction of sp³-hybridized carbons (Fsp3) is 0.381. The molecule has 152 valence electrons. The van der Waals surface area contributed by atoms with E-state index in [0.717, 1.165) is 29.7 Å². The Kier molecular flexibility index (Phi) is 8.02. The molecule has 0 saturated carbocycles. The molecule has 0 heterocycles. The van der Waals surface area contributed by atoms with Crippen molar-refractivity contribution in [3.63, 3.8) is 0 Å². The van der Waals surface area contributed by atoms with Crippen molar-refractivity contribution in [2.75, 3.05) is 12.9 Å². The van der Waals surface area contributed by atoms with E-state index in [2.05, 4.69) is 6.92 Å². The predicted octanol–water partition coefficient (Wildman–Crippen LogP) is 3.45. The van der Waals surface area contributed by atoms with Gasteiger partial charge in [-0.05, 0) is 35.2 Å². The van der Waals surface area contributed by atoms with Crippen LogP contribution in [0.4, 0.5) is 0 Å². The van der Waals surface area contributed by atoms with Crippen LogP contribution in [-0.4, -0.2) is 36.7 Å². The molecule has 0 radical (unpaired) electrons. The molecule has 28 heavy (non-hydrogen) atoms. The minimum Gasteiger partial charge on any atom is -0.494 e. The maximum absolute atomic E-state index is 12.3. The molecule has 0 aliphatic carbocycles. The highest BCUT2D eigenvalue weighted by Crippen LogP contribution is 2.18. The molecular weight excluding hydrogens is 378 g/mol. The van der Waals surface area contributed by atoms with Crippen LogP contribution in [0, 0.1) is 0 Å². The Bertz CT molecular complexity index is 878. The van der Waals surface area contributed by atoms with Gasteiger partial charge in [0.1, 0.15) is 5.75 Å². The molecular formula is C21H27NO5S. The summed E-state index contributed by atoms with van der Waals surface area (Å²) >= 11 is 0. The normalized spacial score (nSPS) is 11.5. The number of sulfonamides is 1. The van der Waals surface area contributed by atoms with E-state index >= 15 is 0 Å². The van der Waals surface area contributed by atoms with Crippen molar-refractivity contribution in [1.29, 1.82) is 0 Å². The van der Waals surface area contributed by atoms with Crippen molar-refractivity contribution < 1.29 is 23.1 Å². The van der Waals surface area contributed by atoms with Crippen LogP contribution in [0.2, 0.25) is 0 Å². The van der Waals surface area contributed by atoms with Crippen LogP contribution in [0.3, 0.4) is 0 Å². The van der Waals surface area contributed by atoms with Crippen molar-refractivity contribution in [3.05, 3.63) is 65.2 Å². The Morgan fingerprint density at radius 2 is 1.68 bits per heavy atom. The Morgan fingerprint density at radius 3 is 2.29 bits per heavy atom. The summed E-state index contributed by atoms with van der Waals surface area (Å²) in [5.74, 6) is -0.150. The molecule has 0 atom stereocenters. The maximum atomic E-state index is 12.3. The predicted molar refractivity (Wildman–Crippen MR) is 109 cm³/mol. The van der Waals surface area contributed by atoms with Crippen LogP contribution >= 0.6 is 0 Å². The molecule has 0 amide bonds. The van der Waals surface area contributed by atoms with Gasteiger partial charge in [0.15, 0.2) is 0 Å². The van der Waals surface area contributed by atoms with Gasteiger partial charge in [-0.25, -0.2) is 8.42 Å². The Labute approximate surface area is 166 Å². The van der Waals surface area contributed by atoms with E-state index in [9.17, 15) is 13.2 Å². The summed E-state index contributed by atoms with van der Waals surface area (Å²) in [5, 5.41) is 8.94. The molecule has 2 aromatic rings. The standard InChI is InChI=1S/C21H27NO5S/c1-3-4-12-27-20-10-8-17(9-11-20)15-22(28(2,25)26)16-19-7-5-6-18(13-19)14-21(23)24/h5-11,13H,3-4,12,14-16H2,1-2H3,(H,23,24). The summed E-state index contributed by atoms with van der Waals surface area (Å²) in [6.45, 7) is 3.18. The van der Waals surface area contributed by atoms with Crippen molar-refractivity contribution in [3.8, 4) is 5.75 Å². The zero-order valence-electron chi connectivity index (χ0n) is 16.3. The first kappa shape index (κ1) is 21.9. The first-order chi connectivity index (χ1) is 13.3. The van der Waals surface area contributed by atoms with E-state index in [1.807, 2.05) is 24.3 Å². The van der Waals surface area contributed by atoms with Crippen molar-refractivity contribution >= 4 is 16.0 Å². The number of hydrogen-bond acceptors (Lipinski definition) is 4. The molecule has 0 unspecified atom stereocenters. The molecule has 0 aromatic heterocycles. The van der Waals surface area contributed by atoms with E-state index in [4.69, 9.17) is 9.84 Å². The van der Waals surface area contributed by atoms with Gasteiger partial charge >= 0.3 is 5.97 Å². The van der Waals surface area contributed by atoms with Crippen molar-refractivity contribution in [2.45, 2.75) is 39.3 Å². The molecule has 0 aliphatic rings. The topological polar surface area (TPSA) is 83.9 Å². The van der Waals surface area contributed by atoms with Crippen molar-refractivity contribution in [1.82, 2.24) is 4.31 Å². The minimum atomic E-state index is -3.44. The van der Waals surface area contributed by atoms with E-state index < -0.39 is 16.0 Å². The highest BCUT2D eigenvalue weighted by atomic mass is 32.2. The lowest BCUT2D eigenvalue weighted by molar-refractivity contribution is -0.136. The molecule has 7 heteroatoms. The summed E-state index contributed by atoms with van der Waals surface area (Å²) in [4.78, 5) is 10.9. The molecule has 2 rings (SSSR count). The third kappa shape index (κ3) is 7.32. The second-order valence-corrected chi connectivity index (χ2v) is 8.75. The van der Waals surface area contributed by atoms with Crippen LogP contribution in [-0.2, 0) is 34.3 Å². The van der Waals surface area contributed by atoms with E-state index in [0.29, 0.717) is 12.2 Å². The summed E-state index contributed by atoms with van der Waals surface area (Å²) in [5.41, 5.74) is 2.26. The summed E-state index contributed by atoms with van der Waals surface area (Å²) in [6.07, 6.45) is 3.14. The van der Waals surface area contributed by atoms with Crippen molar-refractivity contribution in [2.24, 2.45) is 0 Å². The average Bonchev–Trinajstić information content (AvgIpc) is 2.62. The Balaban J connectivity index is 2.09. The Hall–Kier alpha value is -2.38. The maximum Gasteiger partial charge on any atom is 0.307 e. The second-order valence-electron chi connectivity index (χ2n) is 6.77. The summed E-state index contributed by atoms with van der Waals surface area (Å²) in [6, 6.07) is 14.4. The average molecular weight is 406 g/mol. The molecule has 2 aromatic carbocycles. The van der Waals surface area contributed by atoms with E-state index in [1.54, 1.807) is 24.3 Å². The lowest BCUT2D eigenvalue weighted by Crippen LogP contribution is -2.29. The van der Waals surface area contributed by atoms with E-state index in [-0.39, 0.29) is 19.5 Å². The quantitative estimate of drug-likeness (QED) is 0.579. The first-order valence-electron chi connectivity index (χ1n) is 9.24. The number of hydrogen-bond donors (Lipinski definition) is 1. The molecule has 1 N–H and O–H groups in total. The SMILES string of the molecule is CCCCOc1ccc(CN(Cc2cccc(CC(=O)O)c2)S(C)(=O)=O)cc1. The highest BCUT2D eigenvalue weighted by molar-refractivity contribution is 7.88. The smallest absolute Gasteiger partial charge is 0.307 e. The molecule has 0 bridgehead atoms. The summed E-state index contributed by atoms with van der Waals surface area (Å²) in [7, 11) is -3.44. The zero-order valence-corrected chi connectivity index (χ0v) is 17.1. The van der Waals surface area contributed by atoms with Crippen LogP contribution in [0.25, 0.3) is 0 Å². The highest BCUT2D eigenvalue weighted by Gasteiger charge is 2.18. The number of rotatable bonds is 11. The van der Waals surface area contributed by atoms with Gasteiger partial charge in [0.25, 0.3) is 0 Å². The number of nitrogens with zero attached hydrogens (tertiary/aromatic N) is 1. The number of aliphatic carboxylic acids is 1. The number of benzene rings is 2.